The van der Waals surface area contributed by atoms with Crippen molar-refractivity contribution < 1.29 is 4.74 Å². The van der Waals surface area contributed by atoms with Crippen molar-refractivity contribution in [1.29, 1.82) is 0 Å². The molecule has 0 aliphatic carbocycles. The highest BCUT2D eigenvalue weighted by atomic mass is 16.5. The monoisotopic (exact) mass is 205 g/mol. The van der Waals surface area contributed by atoms with E-state index < -0.39 is 0 Å². The van der Waals surface area contributed by atoms with E-state index in [0.29, 0.717) is 6.04 Å². The van der Waals surface area contributed by atoms with Crippen LogP contribution in [0.1, 0.15) is 12.5 Å². The molecule has 0 amide bonds. The van der Waals surface area contributed by atoms with Gasteiger partial charge in [0.25, 0.3) is 0 Å². The van der Waals surface area contributed by atoms with Gasteiger partial charge < -0.3 is 10.1 Å². The van der Waals surface area contributed by atoms with Crippen LogP contribution in [0.3, 0.4) is 0 Å². The third-order valence-corrected chi connectivity index (χ3v) is 2.34. The maximum absolute atomic E-state index is 5.18. The lowest BCUT2D eigenvalue weighted by Gasteiger charge is -2.13. The Bertz CT molecular complexity index is 309. The number of benzene rings is 1. The minimum atomic E-state index is 0.335. The molecule has 0 radical (unpaired) electrons. The van der Waals surface area contributed by atoms with E-state index in [1.165, 1.54) is 5.56 Å². The zero-order chi connectivity index (χ0) is 11.1. The molecule has 1 atom stereocenters. The van der Waals surface area contributed by atoms with E-state index >= 15 is 0 Å². The minimum Gasteiger partial charge on any atom is -0.497 e. The van der Waals surface area contributed by atoms with E-state index in [1.807, 2.05) is 18.2 Å². The second-order valence-corrected chi connectivity index (χ2v) is 3.46. The second-order valence-electron chi connectivity index (χ2n) is 3.46. The van der Waals surface area contributed by atoms with E-state index in [2.05, 4.69) is 31.0 Å². The zero-order valence-electron chi connectivity index (χ0n) is 9.49. The van der Waals surface area contributed by atoms with E-state index in [9.17, 15) is 0 Å². The van der Waals surface area contributed by atoms with Gasteiger partial charge in [0.2, 0.25) is 0 Å². The van der Waals surface area contributed by atoms with Crippen molar-refractivity contribution >= 4 is 0 Å². The van der Waals surface area contributed by atoms with Crippen LogP contribution in [0.25, 0.3) is 0 Å². The van der Waals surface area contributed by atoms with Crippen molar-refractivity contribution in [3.8, 4) is 5.75 Å². The fraction of sp³-hybridized carbons (Fsp3) is 0.385. The van der Waals surface area contributed by atoms with E-state index in [-0.39, 0.29) is 0 Å². The van der Waals surface area contributed by atoms with Gasteiger partial charge in [-0.15, -0.1) is 6.58 Å². The van der Waals surface area contributed by atoms with Crippen molar-refractivity contribution in [2.45, 2.75) is 19.4 Å². The highest BCUT2D eigenvalue weighted by molar-refractivity contribution is 5.29. The molecule has 1 rings (SSSR count). The minimum absolute atomic E-state index is 0.335. The third kappa shape index (κ3) is 3.76. The SMILES string of the molecule is C=CC(Cc1cccc(OC)c1)NCC. The van der Waals surface area contributed by atoms with Crippen molar-refractivity contribution in [3.05, 3.63) is 42.5 Å². The molecule has 1 aromatic carbocycles. The Balaban J connectivity index is 2.65. The molecule has 0 saturated heterocycles. The molecule has 15 heavy (non-hydrogen) atoms. The van der Waals surface area contributed by atoms with E-state index in [4.69, 9.17) is 4.74 Å². The summed E-state index contributed by atoms with van der Waals surface area (Å²) in [5.74, 6) is 0.909. The molecule has 0 fully saturated rings. The van der Waals surface area contributed by atoms with Crippen LogP contribution >= 0.6 is 0 Å². The van der Waals surface area contributed by atoms with E-state index in [0.717, 1.165) is 18.7 Å². The molecule has 0 saturated carbocycles. The normalized spacial score (nSPS) is 12.1. The van der Waals surface area contributed by atoms with Gasteiger partial charge in [-0.05, 0) is 30.7 Å². The average molecular weight is 205 g/mol. The van der Waals surface area contributed by atoms with Crippen LogP contribution < -0.4 is 10.1 Å². The van der Waals surface area contributed by atoms with Gasteiger partial charge in [0.15, 0.2) is 0 Å². The van der Waals surface area contributed by atoms with Crippen LogP contribution in [0.4, 0.5) is 0 Å². The van der Waals surface area contributed by atoms with Crippen LogP contribution in [0.5, 0.6) is 5.75 Å². The first kappa shape index (κ1) is 11.8. The quantitative estimate of drug-likeness (QED) is 0.720. The summed E-state index contributed by atoms with van der Waals surface area (Å²) in [5, 5.41) is 3.36. The van der Waals surface area contributed by atoms with Gasteiger partial charge in [0.05, 0.1) is 7.11 Å². The van der Waals surface area contributed by atoms with Crippen LogP contribution in [-0.2, 0) is 6.42 Å². The Morgan fingerprint density at radius 2 is 2.33 bits per heavy atom. The number of hydrogen-bond acceptors (Lipinski definition) is 2. The summed E-state index contributed by atoms with van der Waals surface area (Å²) in [7, 11) is 1.69. The fourth-order valence-corrected chi connectivity index (χ4v) is 1.55. The largest absolute Gasteiger partial charge is 0.497 e. The molecule has 1 N–H and O–H groups in total. The Labute approximate surface area is 92.0 Å². The predicted molar refractivity (Wildman–Crippen MR) is 64.4 cm³/mol. The third-order valence-electron chi connectivity index (χ3n) is 2.34. The lowest BCUT2D eigenvalue weighted by atomic mass is 10.1. The standard InChI is InChI=1S/C13H19NO/c1-4-12(14-5-2)9-11-7-6-8-13(10-11)15-3/h4,6-8,10,12,14H,1,5,9H2,2-3H3. The summed E-state index contributed by atoms with van der Waals surface area (Å²) in [4.78, 5) is 0. The Hall–Kier alpha value is -1.28. The van der Waals surface area contributed by atoms with E-state index in [1.54, 1.807) is 7.11 Å². The second kappa shape index (κ2) is 6.25. The lowest BCUT2D eigenvalue weighted by molar-refractivity contribution is 0.414. The molecule has 0 aromatic heterocycles. The molecule has 1 unspecified atom stereocenters. The summed E-state index contributed by atoms with van der Waals surface area (Å²) >= 11 is 0. The first-order valence-corrected chi connectivity index (χ1v) is 5.29. The molecule has 2 nitrogen and oxygen atoms in total. The molecule has 0 heterocycles. The van der Waals surface area contributed by atoms with Crippen molar-refractivity contribution in [1.82, 2.24) is 5.32 Å². The van der Waals surface area contributed by atoms with Crippen molar-refractivity contribution in [3.63, 3.8) is 0 Å². The maximum atomic E-state index is 5.18. The molecule has 0 spiro atoms. The van der Waals surface area contributed by atoms with Crippen LogP contribution in [0.2, 0.25) is 0 Å². The van der Waals surface area contributed by atoms with Gasteiger partial charge in [0, 0.05) is 6.04 Å². The molecule has 0 aliphatic rings. The van der Waals surface area contributed by atoms with Crippen LogP contribution in [0, 0.1) is 0 Å². The topological polar surface area (TPSA) is 21.3 Å². The first-order chi connectivity index (χ1) is 7.30. The Morgan fingerprint density at radius 3 is 2.93 bits per heavy atom. The molecular weight excluding hydrogens is 186 g/mol. The van der Waals surface area contributed by atoms with Gasteiger partial charge in [-0.3, -0.25) is 0 Å². The average Bonchev–Trinajstić information content (AvgIpc) is 2.29. The molecule has 2 heteroatoms. The molecule has 0 bridgehead atoms. The van der Waals surface area contributed by atoms with Crippen LogP contribution in [0.15, 0.2) is 36.9 Å². The number of rotatable bonds is 6. The van der Waals surface area contributed by atoms with Gasteiger partial charge >= 0.3 is 0 Å². The number of hydrogen-bond donors (Lipinski definition) is 1. The number of likely N-dealkylation sites (N-methyl/N-ethyl adjacent to an activating group) is 1. The maximum Gasteiger partial charge on any atom is 0.119 e. The molecule has 0 aliphatic heterocycles. The highest BCUT2D eigenvalue weighted by Crippen LogP contribution is 2.14. The Kier molecular flexibility index (Phi) is 4.91. The first-order valence-electron chi connectivity index (χ1n) is 5.29. The number of methoxy groups -OCH3 is 1. The summed E-state index contributed by atoms with van der Waals surface area (Å²) in [6, 6.07) is 8.48. The van der Waals surface area contributed by atoms with Crippen LogP contribution in [-0.4, -0.2) is 19.7 Å². The number of ether oxygens (including phenoxy) is 1. The number of nitrogens with one attached hydrogen (secondary N) is 1. The highest BCUT2D eigenvalue weighted by Gasteiger charge is 2.04. The van der Waals surface area contributed by atoms with Crippen molar-refractivity contribution in [2.75, 3.05) is 13.7 Å². The van der Waals surface area contributed by atoms with Gasteiger partial charge in [-0.2, -0.15) is 0 Å². The molecule has 1 aromatic rings. The summed E-state index contributed by atoms with van der Waals surface area (Å²) < 4.78 is 5.18. The smallest absolute Gasteiger partial charge is 0.119 e. The van der Waals surface area contributed by atoms with Gasteiger partial charge in [-0.25, -0.2) is 0 Å². The molecule has 82 valence electrons. The van der Waals surface area contributed by atoms with Gasteiger partial charge in [0.1, 0.15) is 5.75 Å². The fourth-order valence-electron chi connectivity index (χ4n) is 1.55. The Morgan fingerprint density at radius 1 is 1.53 bits per heavy atom. The summed E-state index contributed by atoms with van der Waals surface area (Å²) in [6.45, 7) is 6.88. The zero-order valence-corrected chi connectivity index (χ0v) is 9.49. The molecular formula is C13H19NO. The predicted octanol–water partition coefficient (Wildman–Crippen LogP) is 2.40. The van der Waals surface area contributed by atoms with Crippen molar-refractivity contribution in [2.24, 2.45) is 0 Å². The summed E-state index contributed by atoms with van der Waals surface area (Å²) in [6.07, 6.45) is 2.90. The lowest BCUT2D eigenvalue weighted by Crippen LogP contribution is -2.28. The van der Waals surface area contributed by atoms with Gasteiger partial charge in [-0.1, -0.05) is 25.1 Å². The summed E-state index contributed by atoms with van der Waals surface area (Å²) in [5.41, 5.74) is 1.26.